The number of likely N-dealkylation sites (N-methyl/N-ethyl adjacent to an activating group) is 1. The summed E-state index contributed by atoms with van der Waals surface area (Å²) in [5.74, 6) is -1.99. The summed E-state index contributed by atoms with van der Waals surface area (Å²) in [6.45, 7) is 3.30. The van der Waals surface area contributed by atoms with E-state index >= 15 is 0 Å². The second-order valence-electron chi connectivity index (χ2n) is 7.34. The van der Waals surface area contributed by atoms with Crippen molar-refractivity contribution in [1.82, 2.24) is 4.48 Å². The second kappa shape index (κ2) is 8.71. The van der Waals surface area contributed by atoms with Crippen molar-refractivity contribution in [3.63, 3.8) is 0 Å². The number of aromatic carboxylic acids is 1. The summed E-state index contributed by atoms with van der Waals surface area (Å²) in [5, 5.41) is 18.0. The summed E-state index contributed by atoms with van der Waals surface area (Å²) in [6, 6.07) is 6.42. The van der Waals surface area contributed by atoms with Crippen LogP contribution in [-0.4, -0.2) is 51.4 Å². The van der Waals surface area contributed by atoms with E-state index in [2.05, 4.69) is 0 Å². The first-order valence-corrected chi connectivity index (χ1v) is 9.66. The lowest BCUT2D eigenvalue weighted by Crippen LogP contribution is -2.17. The van der Waals surface area contributed by atoms with Crippen molar-refractivity contribution in [2.24, 2.45) is 0 Å². The molecule has 2 aromatic rings. The van der Waals surface area contributed by atoms with Crippen LogP contribution in [0.2, 0.25) is 0 Å². The summed E-state index contributed by atoms with van der Waals surface area (Å²) in [7, 11) is -0.957. The van der Waals surface area contributed by atoms with E-state index in [1.54, 1.807) is 45.2 Å². The Morgan fingerprint density at radius 3 is 2.32 bits per heavy atom. The average Bonchev–Trinajstić information content (AvgIpc) is 3.18. The summed E-state index contributed by atoms with van der Waals surface area (Å²) in [6.07, 6.45) is 5.35. The van der Waals surface area contributed by atoms with Gasteiger partial charge in [-0.05, 0) is 55.7 Å². The first-order chi connectivity index (χ1) is 14.6. The molecule has 0 unspecified atom stereocenters. The zero-order valence-corrected chi connectivity index (χ0v) is 17.4. The molecule has 2 heterocycles. The van der Waals surface area contributed by atoms with Crippen molar-refractivity contribution in [1.29, 1.82) is 0 Å². The average molecular weight is 427 g/mol. The minimum atomic E-state index is -2.76. The normalized spacial score (nSPS) is 14.5. The van der Waals surface area contributed by atoms with E-state index in [4.69, 9.17) is 10.2 Å². The molecule has 1 aliphatic rings. The first kappa shape index (κ1) is 22.2. The summed E-state index contributed by atoms with van der Waals surface area (Å²) >= 11 is 0. The lowest BCUT2D eigenvalue weighted by Gasteiger charge is -2.06. The maximum atomic E-state index is 13.8. The number of nitrogens with zero attached hydrogens (tertiary/aromatic N) is 2. The molecule has 0 bridgehead atoms. The van der Waals surface area contributed by atoms with Gasteiger partial charge in [0.1, 0.15) is 7.05 Å². The Balaban J connectivity index is 2.03. The molecule has 2 N–H and O–H groups in total. The van der Waals surface area contributed by atoms with Crippen LogP contribution in [0.25, 0.3) is 6.08 Å². The van der Waals surface area contributed by atoms with Crippen LogP contribution >= 0.6 is 0 Å². The maximum Gasteiger partial charge on any atom is 0.677 e. The van der Waals surface area contributed by atoms with Gasteiger partial charge in [-0.15, -0.1) is 0 Å². The van der Waals surface area contributed by atoms with Crippen LogP contribution in [0, 0.1) is 13.8 Å². The topological polar surface area (TPSA) is 82.5 Å². The number of allylic oxidation sites excluding steroid dienone is 2. The number of aromatic nitrogens is 1. The molecule has 31 heavy (non-hydrogen) atoms. The molecule has 0 fully saturated rings. The van der Waals surface area contributed by atoms with Gasteiger partial charge in [-0.1, -0.05) is 0 Å². The van der Waals surface area contributed by atoms with Crippen molar-refractivity contribution in [2.75, 3.05) is 7.05 Å². The van der Waals surface area contributed by atoms with Crippen molar-refractivity contribution in [2.45, 2.75) is 26.7 Å². The standard InChI is InChI=1S/C22H21BF2N2O4/c1-13-18(9-11-21(28)29)14(2)27(23(24)25)20(13)12-17-8-10-19(26(17)3)15-4-6-16(7-5-15)22(30)31/h4-8,10,12H,9,11H2,1-3H3,(H-,28,29,30,31)/p+1. The number of carbonyl (C=O) groups is 2. The van der Waals surface area contributed by atoms with Crippen LogP contribution in [0.15, 0.2) is 42.1 Å². The molecule has 0 spiro atoms. The predicted molar refractivity (Wildman–Crippen MR) is 114 cm³/mol. The third-order valence-electron chi connectivity index (χ3n) is 5.55. The van der Waals surface area contributed by atoms with Gasteiger partial charge < -0.3 is 14.7 Å². The quantitative estimate of drug-likeness (QED) is 0.522. The zero-order valence-electron chi connectivity index (χ0n) is 17.4. The van der Waals surface area contributed by atoms with Crippen LogP contribution in [0.3, 0.4) is 0 Å². The number of aliphatic carboxylic acids is 1. The second-order valence-corrected chi connectivity index (χ2v) is 7.34. The minimum Gasteiger partial charge on any atom is -0.481 e. The van der Waals surface area contributed by atoms with Crippen LogP contribution in [-0.2, 0) is 11.2 Å². The predicted octanol–water partition coefficient (Wildman–Crippen LogP) is 3.63. The fourth-order valence-corrected chi connectivity index (χ4v) is 3.85. The lowest BCUT2D eigenvalue weighted by molar-refractivity contribution is -0.432. The van der Waals surface area contributed by atoms with Gasteiger partial charge in [-0.2, -0.15) is 4.58 Å². The van der Waals surface area contributed by atoms with Crippen molar-refractivity contribution >= 4 is 31.1 Å². The number of benzene rings is 1. The van der Waals surface area contributed by atoms with Crippen LogP contribution in [0.4, 0.5) is 8.63 Å². The fraction of sp³-hybridized carbons (Fsp3) is 0.227. The Kier molecular flexibility index (Phi) is 6.24. The van der Waals surface area contributed by atoms with Gasteiger partial charge in [0.05, 0.1) is 5.56 Å². The SMILES string of the molecule is Cc1c(CCC(=O)O)c(C)n(B(F)F)c1/C=C1/C=CC(c2ccc(C(=O)O)cc2)=[N+]1C. The number of hydrogen-bond donors (Lipinski definition) is 2. The van der Waals surface area contributed by atoms with E-state index in [9.17, 15) is 18.2 Å². The number of carboxylic acids is 2. The first-order valence-electron chi connectivity index (χ1n) is 9.66. The van der Waals surface area contributed by atoms with E-state index < -0.39 is 19.3 Å². The summed E-state index contributed by atoms with van der Waals surface area (Å²) in [4.78, 5) is 22.0. The van der Waals surface area contributed by atoms with Crippen LogP contribution in [0.1, 0.15) is 44.9 Å². The van der Waals surface area contributed by atoms with E-state index in [1.165, 1.54) is 12.1 Å². The zero-order chi connectivity index (χ0) is 22.9. The van der Waals surface area contributed by atoms with Gasteiger partial charge >= 0.3 is 19.3 Å². The third kappa shape index (κ3) is 4.35. The molecule has 0 atom stereocenters. The molecule has 160 valence electrons. The number of halogens is 2. The molecule has 0 aliphatic carbocycles. The molecular weight excluding hydrogens is 405 g/mol. The van der Waals surface area contributed by atoms with E-state index in [0.29, 0.717) is 28.2 Å². The summed E-state index contributed by atoms with van der Waals surface area (Å²) < 4.78 is 30.4. The number of hydrogen-bond acceptors (Lipinski definition) is 2. The molecule has 0 radical (unpaired) electrons. The van der Waals surface area contributed by atoms with Gasteiger partial charge in [0, 0.05) is 41.6 Å². The largest absolute Gasteiger partial charge is 0.677 e. The maximum absolute atomic E-state index is 13.8. The number of carboxylic acid groups (broad SMARTS) is 2. The fourth-order valence-electron chi connectivity index (χ4n) is 3.85. The van der Waals surface area contributed by atoms with Crippen molar-refractivity contribution in [3.8, 4) is 0 Å². The van der Waals surface area contributed by atoms with E-state index in [1.807, 2.05) is 10.7 Å². The molecule has 1 aliphatic heterocycles. The Bertz CT molecular complexity index is 1150. The Labute approximate surface area is 178 Å². The van der Waals surface area contributed by atoms with Gasteiger partial charge in [0.25, 0.3) is 0 Å². The smallest absolute Gasteiger partial charge is 0.481 e. The molecule has 9 heteroatoms. The Morgan fingerprint density at radius 2 is 1.77 bits per heavy atom. The van der Waals surface area contributed by atoms with Crippen LogP contribution in [0.5, 0.6) is 0 Å². The highest BCUT2D eigenvalue weighted by Crippen LogP contribution is 2.28. The third-order valence-corrected chi connectivity index (χ3v) is 5.55. The molecule has 0 saturated heterocycles. The highest BCUT2D eigenvalue weighted by molar-refractivity contribution is 6.41. The molecular formula is C22H22BF2N2O4+. The van der Waals surface area contributed by atoms with E-state index in [-0.39, 0.29) is 18.4 Å². The molecule has 0 amide bonds. The molecule has 0 saturated carbocycles. The van der Waals surface area contributed by atoms with Gasteiger partial charge in [0.2, 0.25) is 11.4 Å². The minimum absolute atomic E-state index is 0.130. The van der Waals surface area contributed by atoms with Gasteiger partial charge in [0.15, 0.2) is 0 Å². The van der Waals surface area contributed by atoms with E-state index in [0.717, 1.165) is 15.8 Å². The van der Waals surface area contributed by atoms with Crippen molar-refractivity contribution in [3.05, 3.63) is 75.8 Å². The highest BCUT2D eigenvalue weighted by atomic mass is 19.2. The monoisotopic (exact) mass is 427 g/mol. The summed E-state index contributed by atoms with van der Waals surface area (Å²) in [5.41, 5.74) is 4.41. The molecule has 1 aromatic carbocycles. The molecule has 6 nitrogen and oxygen atoms in total. The van der Waals surface area contributed by atoms with Crippen LogP contribution < -0.4 is 0 Å². The molecule has 1 aromatic heterocycles. The van der Waals surface area contributed by atoms with Crippen molar-refractivity contribution < 1.29 is 33.0 Å². The number of rotatable bonds is 7. The lowest BCUT2D eigenvalue weighted by atomic mass is 10.0. The van der Waals surface area contributed by atoms with Gasteiger partial charge in [-0.25, -0.2) is 4.79 Å². The Hall–Kier alpha value is -3.49. The Morgan fingerprint density at radius 1 is 1.13 bits per heavy atom. The molecule has 3 rings (SSSR count). The van der Waals surface area contributed by atoms with Gasteiger partial charge in [-0.3, -0.25) is 13.4 Å². The highest BCUT2D eigenvalue weighted by Gasteiger charge is 2.29.